The van der Waals surface area contributed by atoms with E-state index in [2.05, 4.69) is 21.0 Å². The molecule has 0 fully saturated rings. The molecule has 86 valence electrons. The highest BCUT2D eigenvalue weighted by Crippen LogP contribution is 2.05. The van der Waals surface area contributed by atoms with Crippen molar-refractivity contribution >= 4 is 23.3 Å². The third-order valence-electron chi connectivity index (χ3n) is 1.97. The first kappa shape index (κ1) is 11.3. The highest BCUT2D eigenvalue weighted by molar-refractivity contribution is 6.29. The van der Waals surface area contributed by atoms with Crippen LogP contribution in [0.4, 0.5) is 5.82 Å². The molecule has 1 aromatic heterocycles. The Morgan fingerprint density at radius 1 is 1.06 bits per heavy atom. The van der Waals surface area contributed by atoms with Crippen molar-refractivity contribution in [2.45, 2.75) is 0 Å². The lowest BCUT2D eigenvalue weighted by atomic mass is 10.2. The molecule has 0 unspecified atom stereocenters. The van der Waals surface area contributed by atoms with E-state index in [4.69, 9.17) is 11.6 Å². The van der Waals surface area contributed by atoms with Crippen LogP contribution in [-0.4, -0.2) is 16.1 Å². The fourth-order valence-corrected chi connectivity index (χ4v) is 1.27. The van der Waals surface area contributed by atoms with Gasteiger partial charge in [0.2, 0.25) is 0 Å². The molecule has 1 heterocycles. The Labute approximate surface area is 103 Å². The third-order valence-corrected chi connectivity index (χ3v) is 2.17. The normalized spacial score (nSPS) is 9.71. The van der Waals surface area contributed by atoms with E-state index < -0.39 is 0 Å². The lowest BCUT2D eigenvalue weighted by Crippen LogP contribution is -2.29. The number of carbonyl (C=O) groups excluding carboxylic acids is 1. The van der Waals surface area contributed by atoms with E-state index in [1.165, 1.54) is 0 Å². The highest BCUT2D eigenvalue weighted by Gasteiger charge is 2.03. The quantitative estimate of drug-likeness (QED) is 0.814. The maximum absolute atomic E-state index is 11.6. The largest absolute Gasteiger partial charge is 0.280 e. The molecule has 17 heavy (non-hydrogen) atoms. The molecule has 0 aliphatic carbocycles. The van der Waals surface area contributed by atoms with Crippen LogP contribution in [0, 0.1) is 0 Å². The summed E-state index contributed by atoms with van der Waals surface area (Å²) in [5, 5.41) is 7.66. The number of nitrogens with one attached hydrogen (secondary N) is 2. The van der Waals surface area contributed by atoms with Crippen molar-refractivity contribution in [1.29, 1.82) is 0 Å². The number of halogens is 1. The summed E-state index contributed by atoms with van der Waals surface area (Å²) in [5.41, 5.74) is 5.70. The number of amides is 1. The summed E-state index contributed by atoms with van der Waals surface area (Å²) < 4.78 is 0. The highest BCUT2D eigenvalue weighted by atomic mass is 35.5. The Morgan fingerprint density at radius 3 is 2.47 bits per heavy atom. The van der Waals surface area contributed by atoms with Gasteiger partial charge in [0.15, 0.2) is 11.0 Å². The van der Waals surface area contributed by atoms with Gasteiger partial charge in [-0.1, -0.05) is 29.8 Å². The lowest BCUT2D eigenvalue weighted by Gasteiger charge is -2.06. The minimum Gasteiger partial charge on any atom is -0.280 e. The summed E-state index contributed by atoms with van der Waals surface area (Å²) in [6.07, 6.45) is 0. The zero-order valence-corrected chi connectivity index (χ0v) is 9.48. The van der Waals surface area contributed by atoms with Crippen LogP contribution in [0.3, 0.4) is 0 Å². The number of rotatable bonds is 3. The van der Waals surface area contributed by atoms with Gasteiger partial charge >= 0.3 is 0 Å². The van der Waals surface area contributed by atoms with Crippen molar-refractivity contribution in [3.63, 3.8) is 0 Å². The zero-order valence-electron chi connectivity index (χ0n) is 8.72. The van der Waals surface area contributed by atoms with Crippen LogP contribution >= 0.6 is 11.6 Å². The molecule has 2 rings (SSSR count). The van der Waals surface area contributed by atoms with E-state index in [9.17, 15) is 4.79 Å². The number of hydrogen-bond donors (Lipinski definition) is 2. The van der Waals surface area contributed by atoms with Gasteiger partial charge in [-0.25, -0.2) is 0 Å². The predicted molar refractivity (Wildman–Crippen MR) is 64.6 cm³/mol. The van der Waals surface area contributed by atoms with Crippen molar-refractivity contribution in [3.8, 4) is 0 Å². The Morgan fingerprint density at radius 2 is 1.82 bits per heavy atom. The minimum absolute atomic E-state index is 0.248. The number of benzene rings is 1. The molecule has 5 nitrogen and oxygen atoms in total. The smallest absolute Gasteiger partial charge is 0.269 e. The Kier molecular flexibility index (Phi) is 3.52. The second-order valence-corrected chi connectivity index (χ2v) is 3.57. The van der Waals surface area contributed by atoms with Gasteiger partial charge in [-0.05, 0) is 24.3 Å². The van der Waals surface area contributed by atoms with Crippen molar-refractivity contribution < 1.29 is 4.79 Å². The molecule has 0 atom stereocenters. The molecule has 2 aromatic rings. The van der Waals surface area contributed by atoms with Gasteiger partial charge in [0, 0.05) is 5.56 Å². The Bertz CT molecular complexity index is 501. The van der Waals surface area contributed by atoms with E-state index in [1.807, 2.05) is 6.07 Å². The fourth-order valence-electron chi connectivity index (χ4n) is 1.17. The maximum atomic E-state index is 11.6. The van der Waals surface area contributed by atoms with Crippen LogP contribution in [0.2, 0.25) is 5.15 Å². The average molecular weight is 249 g/mol. The van der Waals surface area contributed by atoms with Crippen LogP contribution in [0.15, 0.2) is 42.5 Å². The first-order valence-corrected chi connectivity index (χ1v) is 5.24. The summed E-state index contributed by atoms with van der Waals surface area (Å²) in [6, 6.07) is 12.0. The van der Waals surface area contributed by atoms with Crippen molar-refractivity contribution in [1.82, 2.24) is 15.6 Å². The van der Waals surface area contributed by atoms with E-state index in [-0.39, 0.29) is 5.91 Å². The molecule has 1 aromatic carbocycles. The van der Waals surface area contributed by atoms with Gasteiger partial charge in [-0.15, -0.1) is 10.2 Å². The number of aromatic nitrogens is 2. The number of anilines is 1. The molecule has 0 radical (unpaired) electrons. The van der Waals surface area contributed by atoms with Crippen LogP contribution in [-0.2, 0) is 0 Å². The van der Waals surface area contributed by atoms with Gasteiger partial charge in [0.05, 0.1) is 0 Å². The van der Waals surface area contributed by atoms with Gasteiger partial charge in [0.1, 0.15) is 0 Å². The third kappa shape index (κ3) is 3.15. The van der Waals surface area contributed by atoms with Crippen LogP contribution in [0.5, 0.6) is 0 Å². The van der Waals surface area contributed by atoms with Crippen LogP contribution in [0.1, 0.15) is 10.4 Å². The molecule has 0 aliphatic heterocycles. The van der Waals surface area contributed by atoms with Gasteiger partial charge in [0.25, 0.3) is 5.91 Å². The molecule has 0 saturated heterocycles. The van der Waals surface area contributed by atoms with Gasteiger partial charge in [-0.2, -0.15) is 0 Å². The summed E-state index contributed by atoms with van der Waals surface area (Å²) in [5.74, 6) is 0.168. The molecule has 0 bridgehead atoms. The van der Waals surface area contributed by atoms with Crippen molar-refractivity contribution in [3.05, 3.63) is 53.2 Å². The Balaban J connectivity index is 1.95. The molecule has 0 saturated carbocycles. The first-order valence-electron chi connectivity index (χ1n) is 4.86. The molecule has 1 amide bonds. The molecular formula is C11H9ClN4O. The Hall–Kier alpha value is -2.14. The molecular weight excluding hydrogens is 240 g/mol. The SMILES string of the molecule is O=C(NNc1ccc(Cl)nn1)c1ccccc1. The summed E-state index contributed by atoms with van der Waals surface area (Å²) in [6.45, 7) is 0. The zero-order chi connectivity index (χ0) is 12.1. The summed E-state index contributed by atoms with van der Waals surface area (Å²) >= 11 is 5.58. The lowest BCUT2D eigenvalue weighted by molar-refractivity contribution is 0.0962. The van der Waals surface area contributed by atoms with E-state index in [0.717, 1.165) is 0 Å². The minimum atomic E-state index is -0.248. The number of hydrogen-bond acceptors (Lipinski definition) is 4. The monoisotopic (exact) mass is 248 g/mol. The average Bonchev–Trinajstić information content (AvgIpc) is 2.39. The molecule has 6 heteroatoms. The number of hydrazine groups is 1. The summed E-state index contributed by atoms with van der Waals surface area (Å²) in [4.78, 5) is 11.6. The second-order valence-electron chi connectivity index (χ2n) is 3.19. The molecule has 0 spiro atoms. The van der Waals surface area contributed by atoms with Crippen LogP contribution in [0.25, 0.3) is 0 Å². The molecule has 0 aliphatic rings. The van der Waals surface area contributed by atoms with E-state index in [1.54, 1.807) is 36.4 Å². The molecule has 2 N–H and O–H groups in total. The van der Waals surface area contributed by atoms with Crippen molar-refractivity contribution in [2.75, 3.05) is 5.43 Å². The standard InChI is InChI=1S/C11H9ClN4O/c12-9-6-7-10(14-13-9)15-16-11(17)8-4-2-1-3-5-8/h1-7H,(H,14,15)(H,16,17). The van der Waals surface area contributed by atoms with Crippen molar-refractivity contribution in [2.24, 2.45) is 0 Å². The van der Waals surface area contributed by atoms with Gasteiger partial charge < -0.3 is 0 Å². The summed E-state index contributed by atoms with van der Waals surface area (Å²) in [7, 11) is 0. The van der Waals surface area contributed by atoms with E-state index >= 15 is 0 Å². The fraction of sp³-hybridized carbons (Fsp3) is 0. The van der Waals surface area contributed by atoms with E-state index in [0.29, 0.717) is 16.5 Å². The maximum Gasteiger partial charge on any atom is 0.269 e. The predicted octanol–water partition coefficient (Wildman–Crippen LogP) is 1.89. The first-order chi connectivity index (χ1) is 8.25. The number of nitrogens with zero attached hydrogens (tertiary/aromatic N) is 2. The van der Waals surface area contributed by atoms with Gasteiger partial charge in [-0.3, -0.25) is 15.6 Å². The topological polar surface area (TPSA) is 66.9 Å². The van der Waals surface area contributed by atoms with Crippen LogP contribution < -0.4 is 10.9 Å². The number of carbonyl (C=O) groups is 1. The second kappa shape index (κ2) is 5.27.